The molecule has 0 aromatic heterocycles. The van der Waals surface area contributed by atoms with Crippen molar-refractivity contribution in [2.24, 2.45) is 0 Å². The Labute approximate surface area is 171 Å². The Morgan fingerprint density at radius 3 is 2.52 bits per heavy atom. The van der Waals surface area contributed by atoms with Gasteiger partial charge in [-0.3, -0.25) is 9.69 Å². The number of hydrogen-bond donors (Lipinski definition) is 2. The molecule has 7 heteroatoms. The number of para-hydroxylation sites is 1. The van der Waals surface area contributed by atoms with Crippen LogP contribution in [0.5, 0.6) is 5.75 Å². The predicted octanol–water partition coefficient (Wildman–Crippen LogP) is 2.46. The molecule has 0 bridgehead atoms. The van der Waals surface area contributed by atoms with E-state index in [2.05, 4.69) is 41.5 Å². The van der Waals surface area contributed by atoms with Gasteiger partial charge in [-0.25, -0.2) is 4.79 Å². The lowest BCUT2D eigenvalue weighted by atomic mass is 9.94. The molecule has 1 unspecified atom stereocenters. The zero-order valence-corrected chi connectivity index (χ0v) is 17.0. The van der Waals surface area contributed by atoms with Gasteiger partial charge in [0.05, 0.1) is 6.54 Å². The maximum atomic E-state index is 12.3. The summed E-state index contributed by atoms with van der Waals surface area (Å²) in [6, 6.07) is 18.5. The van der Waals surface area contributed by atoms with Crippen molar-refractivity contribution in [2.45, 2.75) is 19.0 Å². The molecule has 2 aromatic rings. The Bertz CT molecular complexity index is 770. The third kappa shape index (κ3) is 7.12. The van der Waals surface area contributed by atoms with Gasteiger partial charge in [-0.15, -0.1) is 0 Å². The van der Waals surface area contributed by atoms with Crippen molar-refractivity contribution in [1.29, 1.82) is 0 Å². The van der Waals surface area contributed by atoms with Gasteiger partial charge in [-0.1, -0.05) is 42.5 Å². The minimum atomic E-state index is -0.250. The van der Waals surface area contributed by atoms with Crippen molar-refractivity contribution < 1.29 is 19.4 Å². The Morgan fingerprint density at radius 1 is 1.21 bits per heavy atom. The average molecular weight is 399 g/mol. The molecule has 0 spiro atoms. The van der Waals surface area contributed by atoms with E-state index in [1.807, 2.05) is 37.4 Å². The van der Waals surface area contributed by atoms with Crippen LogP contribution in [0.4, 0.5) is 4.79 Å². The number of fused-ring (bicyclic) bond motifs is 1. The highest BCUT2D eigenvalue weighted by atomic mass is 16.5. The van der Waals surface area contributed by atoms with E-state index in [-0.39, 0.29) is 12.5 Å². The number of carbonyl (C=O) groups is 2. The van der Waals surface area contributed by atoms with Gasteiger partial charge in [0.2, 0.25) is 0 Å². The van der Waals surface area contributed by atoms with E-state index in [0.717, 1.165) is 18.7 Å². The summed E-state index contributed by atoms with van der Waals surface area (Å²) in [5.41, 5.74) is 2.78. The highest BCUT2D eigenvalue weighted by Gasteiger charge is 2.25. The summed E-state index contributed by atoms with van der Waals surface area (Å²) in [5, 5.41) is 9.81. The molecule has 2 amide bonds. The summed E-state index contributed by atoms with van der Waals surface area (Å²) in [6.45, 7) is 2.33. The first-order valence-electron chi connectivity index (χ1n) is 9.56. The maximum Gasteiger partial charge on any atom is 0.317 e. The van der Waals surface area contributed by atoms with Crippen molar-refractivity contribution in [3.05, 3.63) is 65.7 Å². The second-order valence-electron chi connectivity index (χ2n) is 6.92. The number of amides is 2. The third-order valence-electron chi connectivity index (χ3n) is 4.84. The monoisotopic (exact) mass is 399 g/mol. The second kappa shape index (κ2) is 11.7. The van der Waals surface area contributed by atoms with Crippen molar-refractivity contribution in [1.82, 2.24) is 15.1 Å². The first kappa shape index (κ1) is 22.2. The normalized spacial score (nSPS) is 15.3. The van der Waals surface area contributed by atoms with Crippen LogP contribution in [-0.4, -0.2) is 67.2 Å². The molecule has 1 aliphatic heterocycles. The van der Waals surface area contributed by atoms with E-state index in [9.17, 15) is 4.79 Å². The summed E-state index contributed by atoms with van der Waals surface area (Å²) in [5.74, 6) is 0.817. The van der Waals surface area contributed by atoms with E-state index >= 15 is 0 Å². The van der Waals surface area contributed by atoms with Gasteiger partial charge in [0.15, 0.2) is 0 Å². The van der Waals surface area contributed by atoms with Gasteiger partial charge in [-0.05, 0) is 36.7 Å². The van der Waals surface area contributed by atoms with Gasteiger partial charge >= 0.3 is 6.03 Å². The van der Waals surface area contributed by atoms with Crippen LogP contribution >= 0.6 is 0 Å². The van der Waals surface area contributed by atoms with Crippen LogP contribution in [0.3, 0.4) is 0 Å². The first-order chi connectivity index (χ1) is 14.0. The van der Waals surface area contributed by atoms with Gasteiger partial charge in [0, 0.05) is 26.2 Å². The molecule has 0 saturated heterocycles. The molecule has 0 fully saturated rings. The topological polar surface area (TPSA) is 82.1 Å². The first-order valence-corrected chi connectivity index (χ1v) is 9.56. The predicted molar refractivity (Wildman–Crippen MR) is 112 cm³/mol. The minimum Gasteiger partial charge on any atom is -0.492 e. The van der Waals surface area contributed by atoms with Crippen LogP contribution in [0, 0.1) is 0 Å². The number of hydrogen-bond acceptors (Lipinski definition) is 4. The van der Waals surface area contributed by atoms with E-state index in [0.29, 0.717) is 25.7 Å². The highest BCUT2D eigenvalue weighted by Crippen LogP contribution is 2.22. The van der Waals surface area contributed by atoms with Crippen LogP contribution < -0.4 is 10.1 Å². The molecule has 0 aliphatic carbocycles. The molecule has 3 rings (SSSR count). The fourth-order valence-corrected chi connectivity index (χ4v) is 3.30. The van der Waals surface area contributed by atoms with E-state index in [1.165, 1.54) is 11.1 Å². The molecule has 156 valence electrons. The third-order valence-corrected chi connectivity index (χ3v) is 4.84. The fraction of sp³-hybridized carbons (Fsp3) is 0.364. The zero-order valence-electron chi connectivity index (χ0n) is 17.0. The smallest absolute Gasteiger partial charge is 0.317 e. The fourth-order valence-electron chi connectivity index (χ4n) is 3.30. The zero-order chi connectivity index (χ0) is 21.1. The summed E-state index contributed by atoms with van der Waals surface area (Å²) >= 11 is 0. The van der Waals surface area contributed by atoms with Crippen molar-refractivity contribution >= 4 is 12.5 Å². The highest BCUT2D eigenvalue weighted by molar-refractivity contribution is 5.73. The second-order valence-corrected chi connectivity index (χ2v) is 6.92. The number of urea groups is 1. The Balaban J connectivity index is 0.000000941. The minimum absolute atomic E-state index is 0.0612. The molecular formula is C22H29N3O4. The Hall–Kier alpha value is -3.06. The Morgan fingerprint density at radius 2 is 1.83 bits per heavy atom. The molecule has 7 nitrogen and oxygen atoms in total. The number of rotatable bonds is 6. The quantitative estimate of drug-likeness (QED) is 0.576. The lowest BCUT2D eigenvalue weighted by Gasteiger charge is -2.36. The van der Waals surface area contributed by atoms with Crippen molar-refractivity contribution in [2.75, 3.05) is 33.8 Å². The molecule has 1 aliphatic rings. The van der Waals surface area contributed by atoms with Crippen LogP contribution in [-0.2, 0) is 17.8 Å². The van der Waals surface area contributed by atoms with Gasteiger partial charge in [-0.2, -0.15) is 0 Å². The van der Waals surface area contributed by atoms with Crippen LogP contribution in [0.25, 0.3) is 0 Å². The molecule has 2 aromatic carbocycles. The summed E-state index contributed by atoms with van der Waals surface area (Å²) in [7, 11) is 3.97. The molecule has 1 heterocycles. The SMILES string of the molecule is CN(CC1Cc2ccccc2CN1C)C(=O)NCCOc1ccccc1.O=CO. The van der Waals surface area contributed by atoms with Gasteiger partial charge in [0.1, 0.15) is 12.4 Å². The van der Waals surface area contributed by atoms with Gasteiger partial charge < -0.3 is 20.1 Å². The lowest BCUT2D eigenvalue weighted by molar-refractivity contribution is -0.122. The number of nitrogens with zero attached hydrogens (tertiary/aromatic N) is 2. The Kier molecular flexibility index (Phi) is 8.98. The number of likely N-dealkylation sites (N-methyl/N-ethyl adjacent to an activating group) is 2. The van der Waals surface area contributed by atoms with E-state index in [1.54, 1.807) is 4.90 Å². The molecule has 1 atom stereocenters. The van der Waals surface area contributed by atoms with Crippen LogP contribution in [0.1, 0.15) is 11.1 Å². The number of ether oxygens (including phenoxy) is 1. The van der Waals surface area contributed by atoms with Crippen molar-refractivity contribution in [3.8, 4) is 5.75 Å². The van der Waals surface area contributed by atoms with E-state index in [4.69, 9.17) is 14.6 Å². The lowest BCUT2D eigenvalue weighted by Crippen LogP contribution is -2.48. The molecule has 0 radical (unpaired) electrons. The largest absolute Gasteiger partial charge is 0.492 e. The number of benzene rings is 2. The summed E-state index contributed by atoms with van der Waals surface area (Å²) in [4.78, 5) is 24.8. The maximum absolute atomic E-state index is 12.3. The average Bonchev–Trinajstić information content (AvgIpc) is 2.73. The molecule has 0 saturated carbocycles. The molecule has 2 N–H and O–H groups in total. The molecule has 29 heavy (non-hydrogen) atoms. The summed E-state index contributed by atoms with van der Waals surface area (Å²) < 4.78 is 5.60. The van der Waals surface area contributed by atoms with Crippen LogP contribution in [0.15, 0.2) is 54.6 Å². The standard InChI is InChI=1S/C21H27N3O2.CH2O2/c1-23-15-18-9-7-6-8-17(18)14-19(23)16-24(2)21(25)22-12-13-26-20-10-4-3-5-11-20;2-1-3/h3-11,19H,12-16H2,1-2H3,(H,22,25);1H,(H,2,3). The number of nitrogens with one attached hydrogen (secondary N) is 1. The van der Waals surface area contributed by atoms with Crippen molar-refractivity contribution in [3.63, 3.8) is 0 Å². The summed E-state index contributed by atoms with van der Waals surface area (Å²) in [6.07, 6.45) is 0.974. The van der Waals surface area contributed by atoms with Crippen LogP contribution in [0.2, 0.25) is 0 Å². The molecular weight excluding hydrogens is 370 g/mol. The number of carboxylic acid groups (broad SMARTS) is 1. The van der Waals surface area contributed by atoms with E-state index < -0.39 is 0 Å². The van der Waals surface area contributed by atoms with Gasteiger partial charge in [0.25, 0.3) is 6.47 Å². The number of carbonyl (C=O) groups excluding carboxylic acids is 1.